The van der Waals surface area contributed by atoms with Gasteiger partial charge in [0.15, 0.2) is 0 Å². The Labute approximate surface area is 146 Å². The van der Waals surface area contributed by atoms with Crippen LogP contribution in [0.4, 0.5) is 11.4 Å². The standard InChI is InChI=1S/C17H13BrN2O2S/c1-19-14-5-3-2-4-13(14)17(16(19)22)20(15(21)10-23-17)12-8-6-11(18)7-9-12/h2-9H,10H2,1H3/t17-/m0/s1. The molecule has 2 aromatic rings. The topological polar surface area (TPSA) is 40.6 Å². The molecule has 6 heteroatoms. The Hall–Kier alpha value is -1.79. The smallest absolute Gasteiger partial charge is 0.268 e. The molecule has 2 aliphatic heterocycles. The molecule has 0 bridgehead atoms. The van der Waals surface area contributed by atoms with Crippen LogP contribution in [0.25, 0.3) is 0 Å². The number of rotatable bonds is 1. The second kappa shape index (κ2) is 5.11. The second-order valence-corrected chi connectivity index (χ2v) is 7.60. The van der Waals surface area contributed by atoms with Crippen LogP contribution in [0.3, 0.4) is 0 Å². The van der Waals surface area contributed by atoms with Crippen LogP contribution in [-0.2, 0) is 14.5 Å². The molecule has 4 nitrogen and oxygen atoms in total. The van der Waals surface area contributed by atoms with Gasteiger partial charge in [0, 0.05) is 22.8 Å². The molecule has 4 rings (SSSR count). The molecule has 1 atom stereocenters. The normalized spacial score (nSPS) is 23.0. The van der Waals surface area contributed by atoms with E-state index in [1.807, 2.05) is 48.5 Å². The summed E-state index contributed by atoms with van der Waals surface area (Å²) in [5, 5.41) is 0. The predicted octanol–water partition coefficient (Wildman–Crippen LogP) is 3.36. The summed E-state index contributed by atoms with van der Waals surface area (Å²) in [5.41, 5.74) is 2.48. The number of hydrogen-bond acceptors (Lipinski definition) is 3. The van der Waals surface area contributed by atoms with Crippen molar-refractivity contribution in [3.05, 3.63) is 58.6 Å². The van der Waals surface area contributed by atoms with Gasteiger partial charge in [-0.2, -0.15) is 0 Å². The van der Waals surface area contributed by atoms with Crippen molar-refractivity contribution >= 4 is 50.9 Å². The fourth-order valence-corrected chi connectivity index (χ4v) is 4.90. The molecule has 0 radical (unpaired) electrons. The zero-order chi connectivity index (χ0) is 16.2. The molecule has 23 heavy (non-hydrogen) atoms. The van der Waals surface area contributed by atoms with Crippen LogP contribution in [0, 0.1) is 0 Å². The summed E-state index contributed by atoms with van der Waals surface area (Å²) >= 11 is 4.80. The molecule has 1 spiro atoms. The lowest BCUT2D eigenvalue weighted by Crippen LogP contribution is -2.49. The molecule has 1 fully saturated rings. The maximum Gasteiger partial charge on any atom is 0.268 e. The van der Waals surface area contributed by atoms with Gasteiger partial charge in [-0.15, -0.1) is 11.8 Å². The number of carbonyl (C=O) groups excluding carboxylic acids is 2. The maximum absolute atomic E-state index is 13.1. The average Bonchev–Trinajstić information content (AvgIpc) is 3.01. The Morgan fingerprint density at radius 2 is 1.78 bits per heavy atom. The van der Waals surface area contributed by atoms with Crippen LogP contribution < -0.4 is 9.80 Å². The Balaban J connectivity index is 1.94. The van der Waals surface area contributed by atoms with Gasteiger partial charge in [0.05, 0.1) is 11.4 Å². The third kappa shape index (κ3) is 1.91. The Morgan fingerprint density at radius 1 is 1.09 bits per heavy atom. The predicted molar refractivity (Wildman–Crippen MR) is 95.6 cm³/mol. The molecule has 0 aliphatic carbocycles. The van der Waals surface area contributed by atoms with Crippen LogP contribution in [0.2, 0.25) is 0 Å². The summed E-state index contributed by atoms with van der Waals surface area (Å²) in [6, 6.07) is 15.2. The largest absolute Gasteiger partial charge is 0.312 e. The third-order valence-corrected chi connectivity index (χ3v) is 6.19. The molecular formula is C17H13BrN2O2S. The van der Waals surface area contributed by atoms with Crippen LogP contribution in [0.5, 0.6) is 0 Å². The molecule has 2 amide bonds. The molecular weight excluding hydrogens is 376 g/mol. The van der Waals surface area contributed by atoms with Crippen LogP contribution in [0.1, 0.15) is 5.56 Å². The molecule has 0 N–H and O–H groups in total. The first-order chi connectivity index (χ1) is 11.1. The monoisotopic (exact) mass is 388 g/mol. The lowest BCUT2D eigenvalue weighted by molar-refractivity contribution is -0.123. The second-order valence-electron chi connectivity index (χ2n) is 5.52. The summed E-state index contributed by atoms with van der Waals surface area (Å²) < 4.78 is 0.935. The number of benzene rings is 2. The SMILES string of the molecule is CN1C(=O)[C@@]2(SCC(=O)N2c2ccc(Br)cc2)c2ccccc21. The van der Waals surface area contributed by atoms with Gasteiger partial charge < -0.3 is 4.90 Å². The summed E-state index contributed by atoms with van der Waals surface area (Å²) in [6.45, 7) is 0. The fourth-order valence-electron chi connectivity index (χ4n) is 3.25. The highest BCUT2D eigenvalue weighted by Gasteiger charge is 2.60. The van der Waals surface area contributed by atoms with E-state index >= 15 is 0 Å². The number of amides is 2. The number of para-hydroxylation sites is 1. The zero-order valence-corrected chi connectivity index (χ0v) is 14.7. The van der Waals surface area contributed by atoms with Gasteiger partial charge in [-0.1, -0.05) is 34.1 Å². The Kier molecular flexibility index (Phi) is 3.28. The van der Waals surface area contributed by atoms with Gasteiger partial charge in [-0.25, -0.2) is 0 Å². The highest BCUT2D eigenvalue weighted by molar-refractivity contribution is 9.10. The van der Waals surface area contributed by atoms with E-state index in [9.17, 15) is 9.59 Å². The minimum atomic E-state index is -0.990. The van der Waals surface area contributed by atoms with Crippen molar-refractivity contribution in [3.8, 4) is 0 Å². The van der Waals surface area contributed by atoms with Crippen molar-refractivity contribution in [2.24, 2.45) is 0 Å². The minimum Gasteiger partial charge on any atom is -0.312 e. The number of anilines is 2. The molecule has 0 aromatic heterocycles. The number of thioether (sulfide) groups is 1. The fraction of sp³-hybridized carbons (Fsp3) is 0.176. The summed E-state index contributed by atoms with van der Waals surface area (Å²) in [5.74, 6) is 0.178. The summed E-state index contributed by atoms with van der Waals surface area (Å²) in [6.07, 6.45) is 0. The van der Waals surface area contributed by atoms with Gasteiger partial charge in [0.2, 0.25) is 10.8 Å². The Bertz CT molecular complexity index is 824. The van der Waals surface area contributed by atoms with E-state index in [-0.39, 0.29) is 11.8 Å². The number of likely N-dealkylation sites (N-methyl/N-ethyl adjacent to an activating group) is 1. The molecule has 2 heterocycles. The maximum atomic E-state index is 13.1. The van der Waals surface area contributed by atoms with Crippen molar-refractivity contribution in [3.63, 3.8) is 0 Å². The van der Waals surface area contributed by atoms with Gasteiger partial charge >= 0.3 is 0 Å². The first-order valence-corrected chi connectivity index (χ1v) is 8.94. The average molecular weight is 389 g/mol. The van der Waals surface area contributed by atoms with Crippen LogP contribution in [-0.4, -0.2) is 24.6 Å². The number of halogens is 1. The molecule has 0 unspecified atom stereocenters. The van der Waals surface area contributed by atoms with E-state index < -0.39 is 4.87 Å². The van der Waals surface area contributed by atoms with Crippen LogP contribution in [0.15, 0.2) is 53.0 Å². The van der Waals surface area contributed by atoms with Crippen molar-refractivity contribution in [2.45, 2.75) is 4.87 Å². The van der Waals surface area contributed by atoms with E-state index in [1.54, 1.807) is 16.8 Å². The first kappa shape index (κ1) is 14.8. The van der Waals surface area contributed by atoms with E-state index in [4.69, 9.17) is 0 Å². The number of fused-ring (bicyclic) bond motifs is 2. The van der Waals surface area contributed by atoms with E-state index in [1.165, 1.54) is 11.8 Å². The molecule has 0 saturated carbocycles. The lowest BCUT2D eigenvalue weighted by Gasteiger charge is -2.32. The van der Waals surface area contributed by atoms with Crippen molar-refractivity contribution in [2.75, 3.05) is 22.6 Å². The van der Waals surface area contributed by atoms with Gasteiger partial charge in [0.25, 0.3) is 5.91 Å². The highest BCUT2D eigenvalue weighted by Crippen LogP contribution is 2.55. The molecule has 2 aromatic carbocycles. The van der Waals surface area contributed by atoms with E-state index in [2.05, 4.69) is 15.9 Å². The number of nitrogens with zero attached hydrogens (tertiary/aromatic N) is 2. The van der Waals surface area contributed by atoms with Gasteiger partial charge in [-0.05, 0) is 30.3 Å². The highest BCUT2D eigenvalue weighted by atomic mass is 79.9. The Morgan fingerprint density at radius 3 is 2.52 bits per heavy atom. The quantitative estimate of drug-likeness (QED) is 0.751. The summed E-state index contributed by atoms with van der Waals surface area (Å²) in [7, 11) is 1.76. The molecule has 116 valence electrons. The third-order valence-electron chi connectivity index (χ3n) is 4.28. The van der Waals surface area contributed by atoms with Crippen LogP contribution >= 0.6 is 27.7 Å². The zero-order valence-electron chi connectivity index (χ0n) is 12.3. The van der Waals surface area contributed by atoms with Crippen molar-refractivity contribution in [1.29, 1.82) is 0 Å². The number of carbonyl (C=O) groups is 2. The van der Waals surface area contributed by atoms with Crippen molar-refractivity contribution in [1.82, 2.24) is 0 Å². The molecule has 2 aliphatic rings. The van der Waals surface area contributed by atoms with Gasteiger partial charge in [-0.3, -0.25) is 14.5 Å². The molecule has 1 saturated heterocycles. The lowest BCUT2D eigenvalue weighted by atomic mass is 10.0. The van der Waals surface area contributed by atoms with E-state index in [0.717, 1.165) is 21.4 Å². The van der Waals surface area contributed by atoms with Gasteiger partial charge in [0.1, 0.15) is 0 Å². The minimum absolute atomic E-state index is 0.0456. The first-order valence-electron chi connectivity index (χ1n) is 7.16. The summed E-state index contributed by atoms with van der Waals surface area (Å²) in [4.78, 5) is 28.0. The number of hydrogen-bond donors (Lipinski definition) is 0. The van der Waals surface area contributed by atoms with Crippen molar-refractivity contribution < 1.29 is 9.59 Å². The van der Waals surface area contributed by atoms with E-state index in [0.29, 0.717) is 5.75 Å².